The maximum absolute atomic E-state index is 12.1. The number of hydrogen-bond acceptors (Lipinski definition) is 4. The number of hydrogen-bond donors (Lipinski definition) is 1. The summed E-state index contributed by atoms with van der Waals surface area (Å²) in [6, 6.07) is 11.6. The summed E-state index contributed by atoms with van der Waals surface area (Å²) in [6.07, 6.45) is 2.09. The molecule has 0 saturated carbocycles. The molecule has 2 aromatic rings. The standard InChI is InChI=1S/C22H31NO4/c1-5-17(4)18-7-9-19(10-8-18)26-15-20-11-12-21(27-20)22(24)23-13-6-14-25-16(2)3/h7-12,16-17H,5-6,13-15H2,1-4H3,(H,23,24). The summed E-state index contributed by atoms with van der Waals surface area (Å²) in [5.74, 6) is 2.03. The van der Waals surface area contributed by atoms with Gasteiger partial charge in [0, 0.05) is 13.2 Å². The van der Waals surface area contributed by atoms with E-state index in [2.05, 4.69) is 31.3 Å². The monoisotopic (exact) mass is 373 g/mol. The first-order valence-corrected chi connectivity index (χ1v) is 9.70. The van der Waals surface area contributed by atoms with E-state index < -0.39 is 0 Å². The van der Waals surface area contributed by atoms with E-state index in [9.17, 15) is 4.79 Å². The predicted molar refractivity (Wildman–Crippen MR) is 106 cm³/mol. The van der Waals surface area contributed by atoms with E-state index in [0.717, 1.165) is 18.6 Å². The molecule has 1 heterocycles. The van der Waals surface area contributed by atoms with Crippen molar-refractivity contribution in [3.05, 3.63) is 53.5 Å². The topological polar surface area (TPSA) is 60.7 Å². The third kappa shape index (κ3) is 7.10. The smallest absolute Gasteiger partial charge is 0.286 e. The fourth-order valence-electron chi connectivity index (χ4n) is 2.54. The Morgan fingerprint density at radius 2 is 1.85 bits per heavy atom. The first-order valence-electron chi connectivity index (χ1n) is 9.70. The summed E-state index contributed by atoms with van der Waals surface area (Å²) in [4.78, 5) is 12.1. The van der Waals surface area contributed by atoms with Crippen molar-refractivity contribution in [2.45, 2.75) is 59.2 Å². The molecule has 5 heteroatoms. The average molecular weight is 373 g/mol. The van der Waals surface area contributed by atoms with Gasteiger partial charge in [0.2, 0.25) is 0 Å². The van der Waals surface area contributed by atoms with Crippen molar-refractivity contribution in [2.24, 2.45) is 0 Å². The van der Waals surface area contributed by atoms with Gasteiger partial charge in [-0.15, -0.1) is 0 Å². The molecule has 1 aromatic carbocycles. The number of rotatable bonds is 11. The van der Waals surface area contributed by atoms with Crippen LogP contribution in [0.1, 0.15) is 68.3 Å². The Hall–Kier alpha value is -2.27. The van der Waals surface area contributed by atoms with Crippen LogP contribution in [0.2, 0.25) is 0 Å². The summed E-state index contributed by atoms with van der Waals surface area (Å²) < 4.78 is 16.8. The third-order valence-electron chi connectivity index (χ3n) is 4.39. The normalized spacial score (nSPS) is 12.2. The van der Waals surface area contributed by atoms with Gasteiger partial charge in [-0.1, -0.05) is 26.0 Å². The summed E-state index contributed by atoms with van der Waals surface area (Å²) in [5.41, 5.74) is 1.31. The first-order chi connectivity index (χ1) is 13.0. The fraction of sp³-hybridized carbons (Fsp3) is 0.500. The lowest BCUT2D eigenvalue weighted by Crippen LogP contribution is -2.25. The molecule has 0 aliphatic rings. The van der Waals surface area contributed by atoms with E-state index in [1.54, 1.807) is 12.1 Å². The molecule has 1 unspecified atom stereocenters. The third-order valence-corrected chi connectivity index (χ3v) is 4.39. The van der Waals surface area contributed by atoms with Crippen LogP contribution in [0.5, 0.6) is 5.75 Å². The van der Waals surface area contributed by atoms with E-state index in [1.165, 1.54) is 5.56 Å². The second-order valence-electron chi connectivity index (χ2n) is 6.96. The van der Waals surface area contributed by atoms with Crippen LogP contribution in [0.15, 0.2) is 40.8 Å². The fourth-order valence-corrected chi connectivity index (χ4v) is 2.54. The minimum Gasteiger partial charge on any atom is -0.486 e. The molecule has 0 radical (unpaired) electrons. The SMILES string of the molecule is CCC(C)c1ccc(OCc2ccc(C(=O)NCCCOC(C)C)o2)cc1. The Labute approximate surface area is 162 Å². The Kier molecular flexibility index (Phi) is 8.40. The van der Waals surface area contributed by atoms with Crippen LogP contribution in [0.25, 0.3) is 0 Å². The van der Waals surface area contributed by atoms with E-state index in [-0.39, 0.29) is 18.6 Å². The molecule has 2 rings (SSSR count). The van der Waals surface area contributed by atoms with Crippen LogP contribution >= 0.6 is 0 Å². The summed E-state index contributed by atoms with van der Waals surface area (Å²) in [5, 5.41) is 2.83. The van der Waals surface area contributed by atoms with Gasteiger partial charge in [-0.2, -0.15) is 0 Å². The Bertz CT molecular complexity index is 691. The molecule has 1 atom stereocenters. The minimum atomic E-state index is -0.219. The molecule has 0 saturated heterocycles. The number of amides is 1. The molecular weight excluding hydrogens is 342 g/mol. The summed E-state index contributed by atoms with van der Waals surface area (Å²) in [6.45, 7) is 9.85. The molecule has 0 fully saturated rings. The van der Waals surface area contributed by atoms with E-state index in [0.29, 0.717) is 30.6 Å². The maximum atomic E-state index is 12.1. The molecule has 0 bridgehead atoms. The number of ether oxygens (including phenoxy) is 2. The van der Waals surface area contributed by atoms with Crippen molar-refractivity contribution in [2.75, 3.05) is 13.2 Å². The number of carbonyl (C=O) groups is 1. The first kappa shape index (κ1) is 21.0. The van der Waals surface area contributed by atoms with Gasteiger partial charge < -0.3 is 19.2 Å². The molecule has 0 aliphatic carbocycles. The van der Waals surface area contributed by atoms with Gasteiger partial charge in [-0.25, -0.2) is 0 Å². The van der Waals surface area contributed by atoms with Gasteiger partial charge in [0.05, 0.1) is 6.10 Å². The summed E-state index contributed by atoms with van der Waals surface area (Å²) >= 11 is 0. The van der Waals surface area contributed by atoms with E-state index >= 15 is 0 Å². The zero-order valence-corrected chi connectivity index (χ0v) is 16.8. The molecule has 0 aliphatic heterocycles. The van der Waals surface area contributed by atoms with Crippen molar-refractivity contribution in [3.8, 4) is 5.75 Å². The molecule has 0 spiro atoms. The van der Waals surface area contributed by atoms with Gasteiger partial charge in [-0.3, -0.25) is 4.79 Å². The lowest BCUT2D eigenvalue weighted by Gasteiger charge is -2.10. The van der Waals surface area contributed by atoms with Crippen LogP contribution in [0, 0.1) is 0 Å². The van der Waals surface area contributed by atoms with Crippen molar-refractivity contribution in [1.82, 2.24) is 5.32 Å². The quantitative estimate of drug-likeness (QED) is 0.568. The van der Waals surface area contributed by atoms with Gasteiger partial charge in [0.15, 0.2) is 5.76 Å². The molecule has 1 aromatic heterocycles. The molecule has 5 nitrogen and oxygen atoms in total. The molecular formula is C22H31NO4. The van der Waals surface area contributed by atoms with Crippen molar-refractivity contribution in [3.63, 3.8) is 0 Å². The number of nitrogens with one attached hydrogen (secondary N) is 1. The minimum absolute atomic E-state index is 0.208. The van der Waals surface area contributed by atoms with Crippen LogP contribution in [-0.2, 0) is 11.3 Å². The second kappa shape index (κ2) is 10.8. The number of furan rings is 1. The lowest BCUT2D eigenvalue weighted by atomic mass is 9.99. The van der Waals surface area contributed by atoms with Crippen molar-refractivity contribution < 1.29 is 18.7 Å². The van der Waals surface area contributed by atoms with Crippen LogP contribution in [-0.4, -0.2) is 25.2 Å². The highest BCUT2D eigenvalue weighted by molar-refractivity contribution is 5.91. The highest BCUT2D eigenvalue weighted by Crippen LogP contribution is 2.22. The summed E-state index contributed by atoms with van der Waals surface area (Å²) in [7, 11) is 0. The largest absolute Gasteiger partial charge is 0.486 e. The molecule has 27 heavy (non-hydrogen) atoms. The Morgan fingerprint density at radius 1 is 1.11 bits per heavy atom. The zero-order chi connectivity index (χ0) is 19.6. The van der Waals surface area contributed by atoms with Crippen molar-refractivity contribution >= 4 is 5.91 Å². The van der Waals surface area contributed by atoms with Crippen LogP contribution in [0.3, 0.4) is 0 Å². The van der Waals surface area contributed by atoms with Crippen LogP contribution < -0.4 is 10.1 Å². The zero-order valence-electron chi connectivity index (χ0n) is 16.8. The van der Waals surface area contributed by atoms with Crippen LogP contribution in [0.4, 0.5) is 0 Å². The lowest BCUT2D eigenvalue weighted by molar-refractivity contribution is 0.0753. The molecule has 1 amide bonds. The Morgan fingerprint density at radius 3 is 2.52 bits per heavy atom. The molecule has 1 N–H and O–H groups in total. The predicted octanol–water partition coefficient (Wildman–Crippen LogP) is 4.92. The number of benzene rings is 1. The Balaban J connectivity index is 1.76. The van der Waals surface area contributed by atoms with Gasteiger partial charge in [0.1, 0.15) is 18.1 Å². The maximum Gasteiger partial charge on any atom is 0.286 e. The van der Waals surface area contributed by atoms with E-state index in [4.69, 9.17) is 13.9 Å². The number of carbonyl (C=O) groups excluding carboxylic acids is 1. The van der Waals surface area contributed by atoms with Gasteiger partial charge in [-0.05, 0) is 62.4 Å². The highest BCUT2D eigenvalue weighted by atomic mass is 16.5. The van der Waals surface area contributed by atoms with E-state index in [1.807, 2.05) is 26.0 Å². The second-order valence-corrected chi connectivity index (χ2v) is 6.96. The molecule has 148 valence electrons. The highest BCUT2D eigenvalue weighted by Gasteiger charge is 2.11. The van der Waals surface area contributed by atoms with Gasteiger partial charge in [0.25, 0.3) is 5.91 Å². The average Bonchev–Trinajstić information content (AvgIpc) is 3.14. The van der Waals surface area contributed by atoms with Crippen molar-refractivity contribution in [1.29, 1.82) is 0 Å². The van der Waals surface area contributed by atoms with Gasteiger partial charge >= 0.3 is 0 Å².